The minimum atomic E-state index is -0.260. The maximum atomic E-state index is 13.1. The van der Waals surface area contributed by atoms with Crippen LogP contribution in [0, 0.1) is 12.7 Å². The van der Waals surface area contributed by atoms with Crippen molar-refractivity contribution < 1.29 is 4.39 Å². The zero-order valence-corrected chi connectivity index (χ0v) is 10.4. The summed E-state index contributed by atoms with van der Waals surface area (Å²) in [5.74, 6) is -0.260. The number of anilines is 1. The lowest BCUT2D eigenvalue weighted by atomic mass is 10.1. The molecule has 2 N–H and O–H groups in total. The quantitative estimate of drug-likeness (QED) is 0.723. The van der Waals surface area contributed by atoms with Crippen LogP contribution < -0.4 is 5.73 Å². The number of nitrogen functional groups attached to an aromatic ring is 1. The number of aromatic nitrogens is 2. The summed E-state index contributed by atoms with van der Waals surface area (Å²) in [6, 6.07) is 10.1. The van der Waals surface area contributed by atoms with Gasteiger partial charge in [0.1, 0.15) is 5.82 Å². The highest BCUT2D eigenvalue weighted by molar-refractivity contribution is 5.81. The SMILES string of the molecule is Cc1cc(N)cnc1-c1ccc2cc(F)ccc2n1. The van der Waals surface area contributed by atoms with Gasteiger partial charge in [0.25, 0.3) is 0 Å². The van der Waals surface area contributed by atoms with Crippen LogP contribution in [0.25, 0.3) is 22.3 Å². The van der Waals surface area contributed by atoms with Gasteiger partial charge >= 0.3 is 0 Å². The number of hydrogen-bond donors (Lipinski definition) is 1. The Kier molecular flexibility index (Phi) is 2.63. The van der Waals surface area contributed by atoms with Gasteiger partial charge in [0.15, 0.2) is 0 Å². The number of fused-ring (bicyclic) bond motifs is 1. The average molecular weight is 253 g/mol. The van der Waals surface area contributed by atoms with E-state index in [0.717, 1.165) is 27.9 Å². The number of halogens is 1. The van der Waals surface area contributed by atoms with Crippen molar-refractivity contribution in [2.24, 2.45) is 0 Å². The molecular formula is C15H12FN3. The fourth-order valence-electron chi connectivity index (χ4n) is 2.09. The van der Waals surface area contributed by atoms with Crippen molar-refractivity contribution in [3.05, 3.63) is 54.0 Å². The van der Waals surface area contributed by atoms with Crippen molar-refractivity contribution in [1.82, 2.24) is 9.97 Å². The molecular weight excluding hydrogens is 241 g/mol. The van der Waals surface area contributed by atoms with Gasteiger partial charge in [-0.05, 0) is 42.8 Å². The van der Waals surface area contributed by atoms with Crippen LogP contribution in [0.4, 0.5) is 10.1 Å². The number of aryl methyl sites for hydroxylation is 1. The summed E-state index contributed by atoms with van der Waals surface area (Å²) in [5.41, 5.74) is 9.58. The highest BCUT2D eigenvalue weighted by Gasteiger charge is 2.07. The standard InChI is InChI=1S/C15H12FN3/c1-9-6-12(17)8-18-15(9)14-4-2-10-7-11(16)3-5-13(10)19-14/h2-8H,17H2,1H3. The van der Waals surface area contributed by atoms with Crippen LogP contribution in [0.3, 0.4) is 0 Å². The molecule has 0 atom stereocenters. The number of nitrogens with zero attached hydrogens (tertiary/aromatic N) is 2. The molecule has 0 fully saturated rings. The van der Waals surface area contributed by atoms with Gasteiger partial charge < -0.3 is 5.73 Å². The van der Waals surface area contributed by atoms with Crippen molar-refractivity contribution in [2.75, 3.05) is 5.73 Å². The van der Waals surface area contributed by atoms with Gasteiger partial charge in [-0.1, -0.05) is 6.07 Å². The molecule has 0 unspecified atom stereocenters. The van der Waals surface area contributed by atoms with E-state index in [1.165, 1.54) is 12.1 Å². The average Bonchev–Trinajstić information content (AvgIpc) is 2.38. The van der Waals surface area contributed by atoms with Crippen LogP contribution >= 0.6 is 0 Å². The van der Waals surface area contributed by atoms with Crippen molar-refractivity contribution in [3.63, 3.8) is 0 Å². The zero-order chi connectivity index (χ0) is 13.4. The first-order chi connectivity index (χ1) is 9.13. The van der Waals surface area contributed by atoms with Crippen LogP contribution in [0.5, 0.6) is 0 Å². The molecule has 0 aliphatic heterocycles. The Morgan fingerprint density at radius 3 is 2.74 bits per heavy atom. The molecule has 94 valence electrons. The molecule has 3 aromatic rings. The molecule has 0 aliphatic rings. The summed E-state index contributed by atoms with van der Waals surface area (Å²) < 4.78 is 13.1. The van der Waals surface area contributed by atoms with Crippen LogP contribution in [0.15, 0.2) is 42.6 Å². The van der Waals surface area contributed by atoms with Crippen LogP contribution in [-0.2, 0) is 0 Å². The third-order valence-electron chi connectivity index (χ3n) is 2.99. The Hall–Kier alpha value is -2.49. The number of benzene rings is 1. The highest BCUT2D eigenvalue weighted by Crippen LogP contribution is 2.23. The Labute approximate surface area is 109 Å². The van der Waals surface area contributed by atoms with Gasteiger partial charge in [-0.2, -0.15) is 0 Å². The maximum absolute atomic E-state index is 13.1. The highest BCUT2D eigenvalue weighted by atomic mass is 19.1. The molecule has 3 nitrogen and oxygen atoms in total. The Morgan fingerprint density at radius 1 is 1.11 bits per heavy atom. The summed E-state index contributed by atoms with van der Waals surface area (Å²) in [5, 5.41) is 0.775. The second-order valence-corrected chi connectivity index (χ2v) is 4.47. The number of pyridine rings is 2. The Balaban J connectivity index is 2.17. The predicted octanol–water partition coefficient (Wildman–Crippen LogP) is 3.33. The topological polar surface area (TPSA) is 51.8 Å². The van der Waals surface area contributed by atoms with Crippen LogP contribution in [0.2, 0.25) is 0 Å². The van der Waals surface area contributed by atoms with Gasteiger partial charge in [0, 0.05) is 5.39 Å². The van der Waals surface area contributed by atoms with Crippen LogP contribution in [0.1, 0.15) is 5.56 Å². The van der Waals surface area contributed by atoms with Gasteiger partial charge in [-0.15, -0.1) is 0 Å². The molecule has 4 heteroatoms. The van der Waals surface area contributed by atoms with E-state index in [9.17, 15) is 4.39 Å². The fraction of sp³-hybridized carbons (Fsp3) is 0.0667. The van der Waals surface area contributed by atoms with Gasteiger partial charge in [-0.3, -0.25) is 4.98 Å². The Bertz CT molecular complexity index is 768. The van der Waals surface area contributed by atoms with E-state index in [4.69, 9.17) is 5.73 Å². The lowest BCUT2D eigenvalue weighted by Crippen LogP contribution is -1.94. The lowest BCUT2D eigenvalue weighted by Gasteiger charge is -2.06. The molecule has 0 saturated carbocycles. The van der Waals surface area contributed by atoms with Crippen molar-refractivity contribution >= 4 is 16.6 Å². The minimum absolute atomic E-state index is 0.260. The second-order valence-electron chi connectivity index (χ2n) is 4.47. The first kappa shape index (κ1) is 11.6. The second kappa shape index (κ2) is 4.31. The first-order valence-electron chi connectivity index (χ1n) is 5.92. The lowest BCUT2D eigenvalue weighted by molar-refractivity contribution is 0.629. The monoisotopic (exact) mass is 253 g/mol. The summed E-state index contributed by atoms with van der Waals surface area (Å²) >= 11 is 0. The molecule has 19 heavy (non-hydrogen) atoms. The zero-order valence-electron chi connectivity index (χ0n) is 10.4. The smallest absolute Gasteiger partial charge is 0.123 e. The van der Waals surface area contributed by atoms with Crippen molar-refractivity contribution in [3.8, 4) is 11.4 Å². The summed E-state index contributed by atoms with van der Waals surface area (Å²) in [6.45, 7) is 1.94. The molecule has 0 amide bonds. The molecule has 0 spiro atoms. The van der Waals surface area contributed by atoms with E-state index in [-0.39, 0.29) is 5.82 Å². The van der Waals surface area contributed by atoms with Gasteiger partial charge in [0.05, 0.1) is 28.8 Å². The fourth-order valence-corrected chi connectivity index (χ4v) is 2.09. The van der Waals surface area contributed by atoms with Gasteiger partial charge in [-0.25, -0.2) is 9.37 Å². The largest absolute Gasteiger partial charge is 0.397 e. The van der Waals surface area contributed by atoms with Crippen molar-refractivity contribution in [2.45, 2.75) is 6.92 Å². The molecule has 0 bridgehead atoms. The van der Waals surface area contributed by atoms with Crippen molar-refractivity contribution in [1.29, 1.82) is 0 Å². The number of nitrogens with two attached hydrogens (primary N) is 1. The molecule has 2 heterocycles. The van der Waals surface area contributed by atoms with E-state index in [2.05, 4.69) is 9.97 Å². The van der Waals surface area contributed by atoms with E-state index in [1.54, 1.807) is 12.3 Å². The normalized spacial score (nSPS) is 10.8. The number of rotatable bonds is 1. The summed E-state index contributed by atoms with van der Waals surface area (Å²) in [6.07, 6.45) is 1.61. The minimum Gasteiger partial charge on any atom is -0.397 e. The maximum Gasteiger partial charge on any atom is 0.123 e. The third kappa shape index (κ3) is 2.12. The molecule has 2 aromatic heterocycles. The van der Waals surface area contributed by atoms with E-state index < -0.39 is 0 Å². The molecule has 0 aliphatic carbocycles. The number of hydrogen-bond acceptors (Lipinski definition) is 3. The first-order valence-corrected chi connectivity index (χ1v) is 5.92. The predicted molar refractivity (Wildman–Crippen MR) is 74.1 cm³/mol. The molecule has 1 aromatic carbocycles. The van der Waals surface area contributed by atoms with Gasteiger partial charge in [0.2, 0.25) is 0 Å². The Morgan fingerprint density at radius 2 is 1.95 bits per heavy atom. The summed E-state index contributed by atoms with van der Waals surface area (Å²) in [4.78, 5) is 8.82. The summed E-state index contributed by atoms with van der Waals surface area (Å²) in [7, 11) is 0. The molecule has 0 saturated heterocycles. The molecule has 0 radical (unpaired) electrons. The van der Waals surface area contributed by atoms with E-state index >= 15 is 0 Å². The molecule has 3 rings (SSSR count). The van der Waals surface area contributed by atoms with E-state index in [1.807, 2.05) is 25.1 Å². The van der Waals surface area contributed by atoms with E-state index in [0.29, 0.717) is 5.69 Å². The van der Waals surface area contributed by atoms with Crippen LogP contribution in [-0.4, -0.2) is 9.97 Å². The third-order valence-corrected chi connectivity index (χ3v) is 2.99.